The molecule has 1 N–H and O–H groups in total. The summed E-state index contributed by atoms with van der Waals surface area (Å²) >= 11 is 1.74. The maximum absolute atomic E-state index is 5.78. The number of hydrogen-bond donors (Lipinski definition) is 1. The molecule has 4 rings (SSSR count). The second-order valence-corrected chi connectivity index (χ2v) is 5.91. The third-order valence-electron chi connectivity index (χ3n) is 3.34. The van der Waals surface area contributed by atoms with E-state index in [-0.39, 0.29) is 0 Å². The summed E-state index contributed by atoms with van der Waals surface area (Å²) in [5.41, 5.74) is 3.54. The van der Waals surface area contributed by atoms with Crippen molar-refractivity contribution in [3.63, 3.8) is 0 Å². The Balaban J connectivity index is 1.61. The van der Waals surface area contributed by atoms with Crippen LogP contribution >= 0.6 is 11.3 Å². The summed E-state index contributed by atoms with van der Waals surface area (Å²) < 4.78 is 5.78. The highest BCUT2D eigenvalue weighted by atomic mass is 32.1. The van der Waals surface area contributed by atoms with Crippen molar-refractivity contribution in [1.29, 1.82) is 0 Å². The Bertz CT molecular complexity index is 885. The van der Waals surface area contributed by atoms with Crippen molar-refractivity contribution in [2.24, 2.45) is 0 Å². The van der Waals surface area contributed by atoms with Crippen LogP contribution in [0, 0.1) is 0 Å². The molecule has 0 aliphatic carbocycles. The zero-order chi connectivity index (χ0) is 14.8. The van der Waals surface area contributed by atoms with Crippen molar-refractivity contribution >= 4 is 28.1 Å². The van der Waals surface area contributed by atoms with Crippen LogP contribution in [0.25, 0.3) is 22.6 Å². The first-order valence-electron chi connectivity index (χ1n) is 6.96. The van der Waals surface area contributed by atoms with Gasteiger partial charge in [-0.15, -0.1) is 11.3 Å². The van der Waals surface area contributed by atoms with Gasteiger partial charge in [0.15, 0.2) is 5.58 Å². The summed E-state index contributed by atoms with van der Waals surface area (Å²) in [7, 11) is 0. The molecule has 0 spiro atoms. The zero-order valence-corrected chi connectivity index (χ0v) is 12.5. The number of nitrogens with zero attached hydrogens (tertiary/aromatic N) is 2. The molecule has 0 aliphatic rings. The van der Waals surface area contributed by atoms with Gasteiger partial charge in [-0.3, -0.25) is 4.98 Å². The topological polar surface area (TPSA) is 51.0 Å². The van der Waals surface area contributed by atoms with Crippen LogP contribution in [0.3, 0.4) is 0 Å². The van der Waals surface area contributed by atoms with Crippen LogP contribution in [0.1, 0.15) is 4.88 Å². The molecular weight excluding hydrogens is 294 g/mol. The van der Waals surface area contributed by atoms with Gasteiger partial charge in [0.1, 0.15) is 5.52 Å². The van der Waals surface area contributed by atoms with E-state index >= 15 is 0 Å². The minimum atomic E-state index is 0.596. The Morgan fingerprint density at radius 1 is 1.14 bits per heavy atom. The first-order valence-corrected chi connectivity index (χ1v) is 7.84. The third-order valence-corrected chi connectivity index (χ3v) is 4.22. The van der Waals surface area contributed by atoms with Crippen molar-refractivity contribution < 1.29 is 4.42 Å². The van der Waals surface area contributed by atoms with E-state index in [0.717, 1.165) is 28.9 Å². The fourth-order valence-corrected chi connectivity index (χ4v) is 2.90. The smallest absolute Gasteiger partial charge is 0.228 e. The predicted octanol–water partition coefficient (Wildman–Crippen LogP) is 4.56. The molecule has 0 saturated carbocycles. The molecule has 108 valence electrons. The maximum Gasteiger partial charge on any atom is 0.228 e. The number of rotatable bonds is 4. The molecule has 1 aromatic carbocycles. The monoisotopic (exact) mass is 307 g/mol. The van der Waals surface area contributed by atoms with Gasteiger partial charge in [0, 0.05) is 29.5 Å². The second kappa shape index (κ2) is 5.61. The average molecular weight is 307 g/mol. The Labute approximate surface area is 131 Å². The van der Waals surface area contributed by atoms with Gasteiger partial charge in [-0.25, -0.2) is 4.98 Å². The van der Waals surface area contributed by atoms with E-state index in [1.807, 2.05) is 30.3 Å². The van der Waals surface area contributed by atoms with E-state index < -0.39 is 0 Å². The van der Waals surface area contributed by atoms with Crippen LogP contribution < -0.4 is 5.32 Å². The summed E-state index contributed by atoms with van der Waals surface area (Å²) in [6.07, 6.45) is 3.49. The van der Waals surface area contributed by atoms with Gasteiger partial charge < -0.3 is 9.73 Å². The Hall–Kier alpha value is -2.66. The maximum atomic E-state index is 5.78. The zero-order valence-electron chi connectivity index (χ0n) is 11.7. The average Bonchev–Trinajstić information content (AvgIpc) is 3.22. The van der Waals surface area contributed by atoms with Crippen LogP contribution in [-0.4, -0.2) is 9.97 Å². The number of benzene rings is 1. The molecule has 0 aliphatic heterocycles. The molecule has 0 fully saturated rings. The van der Waals surface area contributed by atoms with Gasteiger partial charge >= 0.3 is 0 Å². The lowest BCUT2D eigenvalue weighted by Crippen LogP contribution is -1.96. The summed E-state index contributed by atoms with van der Waals surface area (Å²) in [4.78, 5) is 9.94. The summed E-state index contributed by atoms with van der Waals surface area (Å²) in [5.74, 6) is 0.596. The third kappa shape index (κ3) is 2.58. The molecule has 4 nitrogen and oxygen atoms in total. The summed E-state index contributed by atoms with van der Waals surface area (Å²) in [5, 5.41) is 5.49. The Morgan fingerprint density at radius 3 is 2.95 bits per heavy atom. The van der Waals surface area contributed by atoms with Gasteiger partial charge in [-0.05, 0) is 41.8 Å². The molecule has 22 heavy (non-hydrogen) atoms. The summed E-state index contributed by atoms with van der Waals surface area (Å²) in [6, 6.07) is 13.9. The van der Waals surface area contributed by atoms with Crippen LogP contribution in [-0.2, 0) is 6.54 Å². The first kappa shape index (κ1) is 13.0. The fraction of sp³-hybridized carbons (Fsp3) is 0.0588. The molecule has 0 atom stereocenters. The van der Waals surface area contributed by atoms with Crippen LogP contribution in [0.15, 0.2) is 64.7 Å². The van der Waals surface area contributed by atoms with Crippen molar-refractivity contribution in [3.8, 4) is 11.5 Å². The minimum Gasteiger partial charge on any atom is -0.436 e. The molecule has 0 amide bonds. The lowest BCUT2D eigenvalue weighted by Gasteiger charge is -2.03. The number of anilines is 1. The number of oxazole rings is 1. The van der Waals surface area contributed by atoms with Crippen molar-refractivity contribution in [2.45, 2.75) is 6.54 Å². The largest absolute Gasteiger partial charge is 0.436 e. The molecule has 0 saturated heterocycles. The number of pyridine rings is 1. The van der Waals surface area contributed by atoms with E-state index in [9.17, 15) is 0 Å². The van der Waals surface area contributed by atoms with E-state index in [1.165, 1.54) is 4.88 Å². The van der Waals surface area contributed by atoms with Gasteiger partial charge in [-0.1, -0.05) is 6.07 Å². The number of fused-ring (bicyclic) bond motifs is 1. The molecule has 4 aromatic rings. The van der Waals surface area contributed by atoms with E-state index in [0.29, 0.717) is 5.89 Å². The van der Waals surface area contributed by atoms with E-state index in [4.69, 9.17) is 4.42 Å². The summed E-state index contributed by atoms with van der Waals surface area (Å²) in [6.45, 7) is 0.816. The van der Waals surface area contributed by atoms with Gasteiger partial charge in [0.25, 0.3) is 0 Å². The fourth-order valence-electron chi connectivity index (χ4n) is 2.25. The normalized spacial score (nSPS) is 10.9. The quantitative estimate of drug-likeness (QED) is 0.600. The van der Waals surface area contributed by atoms with E-state index in [1.54, 1.807) is 23.7 Å². The highest BCUT2D eigenvalue weighted by molar-refractivity contribution is 7.09. The Kier molecular flexibility index (Phi) is 3.33. The number of aromatic nitrogens is 2. The van der Waals surface area contributed by atoms with E-state index in [2.05, 4.69) is 32.8 Å². The van der Waals surface area contributed by atoms with Crippen LogP contribution in [0.5, 0.6) is 0 Å². The van der Waals surface area contributed by atoms with Gasteiger partial charge in [-0.2, -0.15) is 0 Å². The van der Waals surface area contributed by atoms with Crippen molar-refractivity contribution in [3.05, 3.63) is 65.1 Å². The molecule has 3 aromatic heterocycles. The second-order valence-electron chi connectivity index (χ2n) is 4.88. The van der Waals surface area contributed by atoms with Gasteiger partial charge in [0.2, 0.25) is 5.89 Å². The molecule has 0 unspecified atom stereocenters. The molecule has 3 heterocycles. The van der Waals surface area contributed by atoms with Crippen molar-refractivity contribution in [1.82, 2.24) is 9.97 Å². The first-order chi connectivity index (χ1) is 10.9. The molecular formula is C17H13N3OS. The number of thiophene rings is 1. The lowest BCUT2D eigenvalue weighted by atomic mass is 10.3. The van der Waals surface area contributed by atoms with Crippen LogP contribution in [0.4, 0.5) is 5.69 Å². The standard InChI is InChI=1S/C17H13N3OS/c1-3-12(10-18-7-1)17-20-15-9-13(5-6-16(15)21-17)19-11-14-4-2-8-22-14/h1-10,19H,11H2. The van der Waals surface area contributed by atoms with Crippen molar-refractivity contribution in [2.75, 3.05) is 5.32 Å². The molecule has 0 bridgehead atoms. The number of nitrogens with one attached hydrogen (secondary N) is 1. The Morgan fingerprint density at radius 2 is 2.14 bits per heavy atom. The lowest BCUT2D eigenvalue weighted by molar-refractivity contribution is 0.619. The molecule has 0 radical (unpaired) electrons. The van der Waals surface area contributed by atoms with Gasteiger partial charge in [0.05, 0.1) is 5.56 Å². The number of hydrogen-bond acceptors (Lipinski definition) is 5. The highest BCUT2D eigenvalue weighted by Gasteiger charge is 2.08. The predicted molar refractivity (Wildman–Crippen MR) is 88.9 cm³/mol. The highest BCUT2D eigenvalue weighted by Crippen LogP contribution is 2.26. The molecule has 5 heteroatoms. The van der Waals surface area contributed by atoms with Crippen LogP contribution in [0.2, 0.25) is 0 Å². The SMILES string of the molecule is c1cncc(-c2nc3cc(NCc4cccs4)ccc3o2)c1. The minimum absolute atomic E-state index is 0.596.